The van der Waals surface area contributed by atoms with E-state index in [0.717, 1.165) is 11.1 Å². The summed E-state index contributed by atoms with van der Waals surface area (Å²) in [6, 6.07) is 15.1. The molecule has 6 heteroatoms. The molecule has 3 rings (SSSR count). The highest BCUT2D eigenvalue weighted by atomic mass is 16.5. The first-order valence-corrected chi connectivity index (χ1v) is 8.75. The van der Waals surface area contributed by atoms with Gasteiger partial charge in [-0.05, 0) is 60.0 Å². The number of nitrogens with one attached hydrogen (secondary N) is 1. The fourth-order valence-electron chi connectivity index (χ4n) is 2.47. The lowest BCUT2D eigenvalue weighted by molar-refractivity contribution is -0.116. The van der Waals surface area contributed by atoms with Crippen molar-refractivity contribution in [3.8, 4) is 23.0 Å². The van der Waals surface area contributed by atoms with Crippen molar-refractivity contribution in [3.63, 3.8) is 0 Å². The molecule has 28 heavy (non-hydrogen) atoms. The van der Waals surface area contributed by atoms with Crippen molar-refractivity contribution in [2.24, 2.45) is 0 Å². The number of benzene rings is 2. The summed E-state index contributed by atoms with van der Waals surface area (Å²) in [6.07, 6.45) is 6.94. The van der Waals surface area contributed by atoms with E-state index in [1.807, 2.05) is 12.1 Å². The number of nitrogens with zero attached hydrogens (tertiary/aromatic N) is 1. The molecule has 0 atom stereocenters. The third-order valence-corrected chi connectivity index (χ3v) is 3.94. The minimum atomic E-state index is -0.219. The van der Waals surface area contributed by atoms with Gasteiger partial charge in [0.1, 0.15) is 11.5 Å². The van der Waals surface area contributed by atoms with E-state index in [1.54, 1.807) is 54.9 Å². The molecule has 0 aliphatic rings. The molecule has 1 aromatic heterocycles. The Morgan fingerprint density at radius 1 is 1.04 bits per heavy atom. The van der Waals surface area contributed by atoms with E-state index in [-0.39, 0.29) is 17.4 Å². The molecule has 1 heterocycles. The van der Waals surface area contributed by atoms with Crippen molar-refractivity contribution in [1.29, 1.82) is 0 Å². The molecule has 2 aromatic carbocycles. The number of carbonyl (C=O) groups is 1. The quantitative estimate of drug-likeness (QED) is 0.548. The van der Waals surface area contributed by atoms with Crippen LogP contribution >= 0.6 is 0 Å². The van der Waals surface area contributed by atoms with Gasteiger partial charge in [-0.15, -0.1) is 0 Å². The van der Waals surface area contributed by atoms with Crippen molar-refractivity contribution in [2.75, 3.05) is 6.54 Å². The molecule has 0 spiro atoms. The summed E-state index contributed by atoms with van der Waals surface area (Å²) in [5.41, 5.74) is 1.74. The van der Waals surface area contributed by atoms with E-state index >= 15 is 0 Å². The number of carbonyl (C=O) groups excluding carboxylic acids is 1. The SMILES string of the molecule is O=C(/C=C/c1ccc(O)c(Oc2ccncc2)c1)NCCc1ccc(O)cc1. The number of hydrogen-bond donors (Lipinski definition) is 3. The van der Waals surface area contributed by atoms with E-state index in [0.29, 0.717) is 24.5 Å². The van der Waals surface area contributed by atoms with Crippen molar-refractivity contribution in [2.45, 2.75) is 6.42 Å². The van der Waals surface area contributed by atoms with Crippen molar-refractivity contribution in [1.82, 2.24) is 10.3 Å². The minimum Gasteiger partial charge on any atom is -0.508 e. The Balaban J connectivity index is 1.55. The summed E-state index contributed by atoms with van der Waals surface area (Å²) in [5, 5.41) is 22.0. The number of amides is 1. The van der Waals surface area contributed by atoms with Gasteiger partial charge in [-0.2, -0.15) is 0 Å². The van der Waals surface area contributed by atoms with E-state index in [1.165, 1.54) is 12.1 Å². The van der Waals surface area contributed by atoms with Gasteiger partial charge >= 0.3 is 0 Å². The zero-order valence-electron chi connectivity index (χ0n) is 15.1. The molecule has 6 nitrogen and oxygen atoms in total. The second-order valence-corrected chi connectivity index (χ2v) is 6.05. The van der Waals surface area contributed by atoms with Gasteiger partial charge in [0.2, 0.25) is 5.91 Å². The highest BCUT2D eigenvalue weighted by Crippen LogP contribution is 2.31. The molecule has 0 aliphatic heterocycles. The van der Waals surface area contributed by atoms with Crippen LogP contribution < -0.4 is 10.1 Å². The Morgan fingerprint density at radius 3 is 2.54 bits per heavy atom. The third kappa shape index (κ3) is 5.60. The third-order valence-electron chi connectivity index (χ3n) is 3.94. The molecule has 0 bridgehead atoms. The van der Waals surface area contributed by atoms with Gasteiger partial charge in [0.15, 0.2) is 11.5 Å². The Hall–Kier alpha value is -3.80. The molecular weight excluding hydrogens is 356 g/mol. The van der Waals surface area contributed by atoms with E-state index < -0.39 is 0 Å². The number of rotatable bonds is 7. The number of ether oxygens (including phenoxy) is 1. The summed E-state index contributed by atoms with van der Waals surface area (Å²) >= 11 is 0. The summed E-state index contributed by atoms with van der Waals surface area (Å²) < 4.78 is 5.64. The molecule has 3 aromatic rings. The summed E-state index contributed by atoms with van der Waals surface area (Å²) in [4.78, 5) is 15.9. The molecule has 3 N–H and O–H groups in total. The summed E-state index contributed by atoms with van der Waals surface area (Å²) in [5.74, 6) is 0.854. The van der Waals surface area contributed by atoms with Crippen LogP contribution in [0.25, 0.3) is 6.08 Å². The largest absolute Gasteiger partial charge is 0.508 e. The van der Waals surface area contributed by atoms with Crippen LogP contribution in [-0.4, -0.2) is 27.6 Å². The highest BCUT2D eigenvalue weighted by molar-refractivity contribution is 5.91. The van der Waals surface area contributed by atoms with Crippen LogP contribution in [0.15, 0.2) is 73.1 Å². The second kappa shape index (κ2) is 9.23. The van der Waals surface area contributed by atoms with Crippen LogP contribution in [0.3, 0.4) is 0 Å². The summed E-state index contributed by atoms with van der Waals surface area (Å²) in [7, 11) is 0. The fourth-order valence-corrected chi connectivity index (χ4v) is 2.47. The van der Waals surface area contributed by atoms with E-state index in [2.05, 4.69) is 10.3 Å². The topological polar surface area (TPSA) is 91.7 Å². The molecular formula is C22H20N2O4. The summed E-state index contributed by atoms with van der Waals surface area (Å²) in [6.45, 7) is 0.486. The number of aromatic nitrogens is 1. The number of hydrogen-bond acceptors (Lipinski definition) is 5. The number of pyridine rings is 1. The zero-order chi connectivity index (χ0) is 19.8. The smallest absolute Gasteiger partial charge is 0.244 e. The molecule has 0 saturated carbocycles. The van der Waals surface area contributed by atoms with Crippen LogP contribution in [0.5, 0.6) is 23.0 Å². The van der Waals surface area contributed by atoms with Crippen molar-refractivity contribution < 1.29 is 19.7 Å². The predicted molar refractivity (Wildman–Crippen MR) is 106 cm³/mol. The Kier molecular flexibility index (Phi) is 6.25. The molecule has 0 fully saturated rings. The molecule has 1 amide bonds. The monoisotopic (exact) mass is 376 g/mol. The Labute approximate surface area is 162 Å². The van der Waals surface area contributed by atoms with Crippen LogP contribution in [-0.2, 0) is 11.2 Å². The molecule has 0 saturated heterocycles. The highest BCUT2D eigenvalue weighted by Gasteiger charge is 2.05. The average molecular weight is 376 g/mol. The number of aromatic hydroxyl groups is 2. The van der Waals surface area contributed by atoms with Gasteiger partial charge in [0.05, 0.1) is 0 Å². The minimum absolute atomic E-state index is 0.00677. The zero-order valence-corrected chi connectivity index (χ0v) is 15.1. The maximum Gasteiger partial charge on any atom is 0.244 e. The van der Waals surface area contributed by atoms with Crippen molar-refractivity contribution in [3.05, 3.63) is 84.2 Å². The lowest BCUT2D eigenvalue weighted by atomic mass is 10.1. The first-order chi connectivity index (χ1) is 13.6. The van der Waals surface area contributed by atoms with Gasteiger partial charge in [0, 0.05) is 25.0 Å². The number of phenols is 2. The normalized spacial score (nSPS) is 10.7. The molecule has 0 aliphatic carbocycles. The van der Waals surface area contributed by atoms with Gasteiger partial charge in [-0.1, -0.05) is 18.2 Å². The standard InChI is InChI=1S/C22H20N2O4/c25-18-5-1-16(2-6-18)9-14-24-22(27)8-4-17-3-7-20(26)21(15-17)28-19-10-12-23-13-11-19/h1-8,10-13,15,25-26H,9,14H2,(H,24,27)/b8-4+. The van der Waals surface area contributed by atoms with Crippen LogP contribution in [0.4, 0.5) is 0 Å². The Morgan fingerprint density at radius 2 is 1.79 bits per heavy atom. The molecule has 142 valence electrons. The van der Waals surface area contributed by atoms with Gasteiger partial charge in [0.25, 0.3) is 0 Å². The van der Waals surface area contributed by atoms with E-state index in [4.69, 9.17) is 4.74 Å². The van der Waals surface area contributed by atoms with Crippen LogP contribution in [0.1, 0.15) is 11.1 Å². The lowest BCUT2D eigenvalue weighted by Crippen LogP contribution is -2.23. The number of phenolic OH excluding ortho intramolecular Hbond substituents is 2. The fraction of sp³-hybridized carbons (Fsp3) is 0.0909. The maximum atomic E-state index is 12.0. The van der Waals surface area contributed by atoms with Gasteiger partial charge in [-0.3, -0.25) is 9.78 Å². The molecule has 0 radical (unpaired) electrons. The average Bonchev–Trinajstić information content (AvgIpc) is 2.71. The Bertz CT molecular complexity index is 954. The van der Waals surface area contributed by atoms with Gasteiger partial charge < -0.3 is 20.3 Å². The van der Waals surface area contributed by atoms with E-state index in [9.17, 15) is 15.0 Å². The first-order valence-electron chi connectivity index (χ1n) is 8.75. The predicted octanol–water partition coefficient (Wildman–Crippen LogP) is 3.66. The lowest BCUT2D eigenvalue weighted by Gasteiger charge is -2.08. The van der Waals surface area contributed by atoms with Crippen molar-refractivity contribution >= 4 is 12.0 Å². The van der Waals surface area contributed by atoms with Gasteiger partial charge in [-0.25, -0.2) is 0 Å². The molecule has 0 unspecified atom stereocenters. The van der Waals surface area contributed by atoms with Crippen LogP contribution in [0.2, 0.25) is 0 Å². The second-order valence-electron chi connectivity index (χ2n) is 6.05. The maximum absolute atomic E-state index is 12.0. The first kappa shape index (κ1) is 19.0. The van der Waals surface area contributed by atoms with Crippen LogP contribution in [0, 0.1) is 0 Å².